The maximum atomic E-state index is 11.5. The molecular formula is C11H20N2O3S2. The average molecular weight is 292 g/mol. The molecule has 1 unspecified atom stereocenters. The van der Waals surface area contributed by atoms with Gasteiger partial charge in [0.05, 0.1) is 12.3 Å². The molecule has 1 heterocycles. The van der Waals surface area contributed by atoms with Gasteiger partial charge in [-0.05, 0) is 13.5 Å². The van der Waals surface area contributed by atoms with Crippen LogP contribution < -0.4 is 5.32 Å². The zero-order chi connectivity index (χ0) is 13.8. The van der Waals surface area contributed by atoms with Crippen LogP contribution in [0.1, 0.15) is 34.7 Å². The third kappa shape index (κ3) is 4.01. The van der Waals surface area contributed by atoms with E-state index in [9.17, 15) is 8.42 Å². The van der Waals surface area contributed by atoms with Crippen molar-refractivity contribution in [3.05, 3.63) is 15.6 Å². The SMILES string of the molecule is CCNCc1sc(C(C)S(C)(=O)=O)nc1COC. The van der Waals surface area contributed by atoms with Crippen LogP contribution in [0.2, 0.25) is 0 Å². The standard InChI is InChI=1S/C11H20N2O3S2/c1-5-12-6-10-9(7-16-3)13-11(17-10)8(2)18(4,14)15/h8,12H,5-7H2,1-4H3. The Bertz CT molecular complexity index is 482. The largest absolute Gasteiger partial charge is 0.378 e. The van der Waals surface area contributed by atoms with Crippen LogP contribution >= 0.6 is 11.3 Å². The molecule has 1 N–H and O–H groups in total. The lowest BCUT2D eigenvalue weighted by Gasteiger charge is -2.04. The van der Waals surface area contributed by atoms with Crippen molar-refractivity contribution in [1.29, 1.82) is 0 Å². The third-order valence-electron chi connectivity index (χ3n) is 2.60. The summed E-state index contributed by atoms with van der Waals surface area (Å²) in [6, 6.07) is 0. The van der Waals surface area contributed by atoms with Gasteiger partial charge in [-0.3, -0.25) is 0 Å². The molecule has 1 atom stereocenters. The summed E-state index contributed by atoms with van der Waals surface area (Å²) >= 11 is 1.44. The van der Waals surface area contributed by atoms with E-state index in [0.29, 0.717) is 18.2 Å². The minimum atomic E-state index is -3.11. The molecule has 0 aliphatic heterocycles. The molecule has 1 rings (SSSR count). The van der Waals surface area contributed by atoms with E-state index < -0.39 is 15.1 Å². The highest BCUT2D eigenvalue weighted by Gasteiger charge is 2.23. The minimum absolute atomic E-state index is 0.410. The molecule has 0 radical (unpaired) electrons. The van der Waals surface area contributed by atoms with Crippen molar-refractivity contribution in [2.24, 2.45) is 0 Å². The van der Waals surface area contributed by atoms with E-state index in [0.717, 1.165) is 17.1 Å². The average Bonchev–Trinajstić information content (AvgIpc) is 2.68. The van der Waals surface area contributed by atoms with Gasteiger partial charge < -0.3 is 10.1 Å². The van der Waals surface area contributed by atoms with Gasteiger partial charge in [-0.1, -0.05) is 6.92 Å². The van der Waals surface area contributed by atoms with E-state index in [1.165, 1.54) is 17.6 Å². The zero-order valence-corrected chi connectivity index (χ0v) is 12.8. The highest BCUT2D eigenvalue weighted by atomic mass is 32.2. The van der Waals surface area contributed by atoms with E-state index in [2.05, 4.69) is 10.3 Å². The molecule has 0 aliphatic rings. The second kappa shape index (κ2) is 6.60. The van der Waals surface area contributed by atoms with Gasteiger partial charge in [0.2, 0.25) is 0 Å². The lowest BCUT2D eigenvalue weighted by molar-refractivity contribution is 0.181. The topological polar surface area (TPSA) is 68.3 Å². The molecule has 0 aromatic carbocycles. The number of ether oxygens (including phenoxy) is 1. The van der Waals surface area contributed by atoms with Crippen LogP contribution in [0.15, 0.2) is 0 Å². The number of aromatic nitrogens is 1. The van der Waals surface area contributed by atoms with Crippen molar-refractivity contribution in [3.63, 3.8) is 0 Å². The van der Waals surface area contributed by atoms with E-state index >= 15 is 0 Å². The molecule has 1 aromatic heterocycles. The first-order chi connectivity index (χ1) is 8.40. The Morgan fingerprint density at radius 3 is 2.67 bits per heavy atom. The molecule has 0 fully saturated rings. The fraction of sp³-hybridized carbons (Fsp3) is 0.727. The summed E-state index contributed by atoms with van der Waals surface area (Å²) in [4.78, 5) is 5.44. The Labute approximate surface area is 112 Å². The van der Waals surface area contributed by atoms with Crippen molar-refractivity contribution in [1.82, 2.24) is 10.3 Å². The maximum absolute atomic E-state index is 11.5. The molecule has 0 saturated carbocycles. The van der Waals surface area contributed by atoms with Crippen LogP contribution in [0.4, 0.5) is 0 Å². The summed E-state index contributed by atoms with van der Waals surface area (Å²) in [5.74, 6) is 0. The molecule has 1 aromatic rings. The van der Waals surface area contributed by atoms with Crippen molar-refractivity contribution < 1.29 is 13.2 Å². The zero-order valence-electron chi connectivity index (χ0n) is 11.2. The summed E-state index contributed by atoms with van der Waals surface area (Å²) in [5.41, 5.74) is 0.828. The maximum Gasteiger partial charge on any atom is 0.156 e. The second-order valence-electron chi connectivity index (χ2n) is 4.11. The Balaban J connectivity index is 3.01. The number of nitrogens with one attached hydrogen (secondary N) is 1. The molecule has 5 nitrogen and oxygen atoms in total. The van der Waals surface area contributed by atoms with E-state index in [4.69, 9.17) is 4.74 Å². The second-order valence-corrected chi connectivity index (χ2v) is 7.59. The van der Waals surface area contributed by atoms with Crippen LogP contribution in [-0.4, -0.2) is 33.3 Å². The monoisotopic (exact) mass is 292 g/mol. The highest BCUT2D eigenvalue weighted by molar-refractivity contribution is 7.91. The number of hydrogen-bond acceptors (Lipinski definition) is 6. The van der Waals surface area contributed by atoms with Crippen LogP contribution in [0, 0.1) is 0 Å². The van der Waals surface area contributed by atoms with Gasteiger partial charge in [0, 0.05) is 24.8 Å². The minimum Gasteiger partial charge on any atom is -0.378 e. The van der Waals surface area contributed by atoms with E-state index in [1.54, 1.807) is 14.0 Å². The van der Waals surface area contributed by atoms with Crippen molar-refractivity contribution in [3.8, 4) is 0 Å². The summed E-state index contributed by atoms with van der Waals surface area (Å²) < 4.78 is 28.2. The number of nitrogens with zero attached hydrogens (tertiary/aromatic N) is 1. The Kier molecular flexibility index (Phi) is 5.71. The van der Waals surface area contributed by atoms with Crippen molar-refractivity contribution in [2.45, 2.75) is 32.2 Å². The first kappa shape index (κ1) is 15.6. The number of thiazole rings is 1. The van der Waals surface area contributed by atoms with Gasteiger partial charge in [0.25, 0.3) is 0 Å². The first-order valence-corrected chi connectivity index (χ1v) is 8.54. The molecule has 104 valence electrons. The predicted molar refractivity (Wildman–Crippen MR) is 73.5 cm³/mol. The fourth-order valence-corrected chi connectivity index (χ4v) is 3.45. The number of sulfone groups is 1. The van der Waals surface area contributed by atoms with Crippen LogP contribution in [0.5, 0.6) is 0 Å². The lowest BCUT2D eigenvalue weighted by Crippen LogP contribution is -2.12. The summed E-state index contributed by atoms with van der Waals surface area (Å²) in [5, 5.41) is 3.29. The Morgan fingerprint density at radius 2 is 2.17 bits per heavy atom. The Hall–Kier alpha value is -0.500. The first-order valence-electron chi connectivity index (χ1n) is 5.77. The number of hydrogen-bond donors (Lipinski definition) is 1. The van der Waals surface area contributed by atoms with Gasteiger partial charge >= 0.3 is 0 Å². The smallest absolute Gasteiger partial charge is 0.156 e. The quantitative estimate of drug-likeness (QED) is 0.825. The number of methoxy groups -OCH3 is 1. The third-order valence-corrected chi connectivity index (χ3v) is 5.54. The van der Waals surface area contributed by atoms with Crippen LogP contribution in [-0.2, 0) is 27.7 Å². The summed E-state index contributed by atoms with van der Waals surface area (Å²) in [6.07, 6.45) is 1.24. The van der Waals surface area contributed by atoms with Crippen LogP contribution in [0.25, 0.3) is 0 Å². The Morgan fingerprint density at radius 1 is 1.50 bits per heavy atom. The lowest BCUT2D eigenvalue weighted by atomic mass is 10.3. The van der Waals surface area contributed by atoms with Gasteiger partial charge in [0.1, 0.15) is 10.3 Å². The molecule has 0 amide bonds. The number of rotatable bonds is 7. The van der Waals surface area contributed by atoms with E-state index in [1.807, 2.05) is 6.92 Å². The van der Waals surface area contributed by atoms with Gasteiger partial charge in [-0.2, -0.15) is 0 Å². The molecule has 7 heteroatoms. The van der Waals surface area contributed by atoms with Crippen molar-refractivity contribution in [2.75, 3.05) is 19.9 Å². The summed E-state index contributed by atoms with van der Waals surface area (Å²) in [6.45, 7) is 5.66. The molecule has 0 aliphatic carbocycles. The van der Waals surface area contributed by atoms with Gasteiger partial charge in [0.15, 0.2) is 9.84 Å². The van der Waals surface area contributed by atoms with Crippen LogP contribution in [0.3, 0.4) is 0 Å². The predicted octanol–water partition coefficient (Wildman–Crippen LogP) is 1.50. The fourth-order valence-electron chi connectivity index (χ4n) is 1.39. The normalized spacial score (nSPS) is 13.8. The molecule has 0 spiro atoms. The van der Waals surface area contributed by atoms with Crippen molar-refractivity contribution >= 4 is 21.2 Å². The summed E-state index contributed by atoms with van der Waals surface area (Å²) in [7, 11) is -1.50. The molecule has 18 heavy (non-hydrogen) atoms. The highest BCUT2D eigenvalue weighted by Crippen LogP contribution is 2.28. The molecule has 0 saturated heterocycles. The molecule has 0 bridgehead atoms. The molecular weight excluding hydrogens is 272 g/mol. The van der Waals surface area contributed by atoms with E-state index in [-0.39, 0.29) is 0 Å². The van der Waals surface area contributed by atoms with Gasteiger partial charge in [-0.15, -0.1) is 11.3 Å². The van der Waals surface area contributed by atoms with Gasteiger partial charge in [-0.25, -0.2) is 13.4 Å².